The number of hydrogen-bond donors (Lipinski definition) is 2. The van der Waals surface area contributed by atoms with Crippen molar-refractivity contribution in [3.63, 3.8) is 0 Å². The zero-order valence-electron chi connectivity index (χ0n) is 21.5. The molecule has 2 N–H and O–H groups in total. The normalized spacial score (nSPS) is 16.6. The lowest BCUT2D eigenvalue weighted by molar-refractivity contribution is -0.119. The summed E-state index contributed by atoms with van der Waals surface area (Å²) in [5.74, 6) is 0.212. The van der Waals surface area contributed by atoms with Crippen molar-refractivity contribution in [3.8, 4) is 11.1 Å². The molecule has 4 heterocycles. The number of nitrogens with zero attached hydrogens (tertiary/aromatic N) is 5. The summed E-state index contributed by atoms with van der Waals surface area (Å²) in [5.41, 5.74) is 5.42. The number of H-pyrrole nitrogens is 1. The lowest BCUT2D eigenvalue weighted by atomic mass is 10.0. The van der Waals surface area contributed by atoms with Gasteiger partial charge in [-0.2, -0.15) is 5.10 Å². The maximum Gasteiger partial charge on any atom is 0.276 e. The largest absolute Gasteiger partial charge is 0.319 e. The first kappa shape index (κ1) is 24.4. The molecule has 4 aromatic rings. The van der Waals surface area contributed by atoms with E-state index >= 15 is 0 Å². The van der Waals surface area contributed by atoms with E-state index in [9.17, 15) is 9.59 Å². The van der Waals surface area contributed by atoms with Crippen LogP contribution in [0.1, 0.15) is 34.6 Å². The van der Waals surface area contributed by atoms with Gasteiger partial charge >= 0.3 is 0 Å². The summed E-state index contributed by atoms with van der Waals surface area (Å²) >= 11 is 0. The first-order valence-corrected chi connectivity index (χ1v) is 13.1. The van der Waals surface area contributed by atoms with Crippen LogP contribution in [0.3, 0.4) is 0 Å². The molecule has 1 aliphatic carbocycles. The van der Waals surface area contributed by atoms with E-state index < -0.39 is 0 Å². The smallest absolute Gasteiger partial charge is 0.276 e. The number of aromatic amines is 1. The predicted octanol–water partition coefficient (Wildman–Crippen LogP) is 3.54. The van der Waals surface area contributed by atoms with Gasteiger partial charge in [0.2, 0.25) is 0 Å². The zero-order valence-corrected chi connectivity index (χ0v) is 21.5. The number of carbonyl (C=O) groups excluding carboxylic acids is 2. The lowest BCUT2D eigenvalue weighted by Crippen LogP contribution is -2.43. The number of pyridine rings is 2. The topological polar surface area (TPSA) is 107 Å². The number of ketones is 1. The summed E-state index contributed by atoms with van der Waals surface area (Å²) in [7, 11) is 2.14. The fourth-order valence-corrected chi connectivity index (χ4v) is 4.88. The molecule has 0 unspecified atom stereocenters. The first-order valence-electron chi connectivity index (χ1n) is 13.1. The molecule has 1 saturated carbocycles. The van der Waals surface area contributed by atoms with Crippen molar-refractivity contribution in [2.75, 3.05) is 38.5 Å². The van der Waals surface area contributed by atoms with Crippen molar-refractivity contribution in [2.24, 2.45) is 5.92 Å². The molecule has 1 aromatic carbocycles. The molecule has 0 bridgehead atoms. The summed E-state index contributed by atoms with van der Waals surface area (Å²) in [4.78, 5) is 39.0. The SMILES string of the molecule is CN1CCN(Cc2ccc(NC(=O)c3n[nH]c4ccc(-c5cncc(CC(=O)C6CC6)c5)cc34)cn2)CC1. The Morgan fingerprint density at radius 2 is 1.84 bits per heavy atom. The van der Waals surface area contributed by atoms with E-state index in [0.29, 0.717) is 17.8 Å². The summed E-state index contributed by atoms with van der Waals surface area (Å²) < 4.78 is 0. The highest BCUT2D eigenvalue weighted by Crippen LogP contribution is 2.31. The number of rotatable bonds is 8. The number of piperazine rings is 1. The Bertz CT molecular complexity index is 1470. The van der Waals surface area contributed by atoms with Gasteiger partial charge in [-0.05, 0) is 61.3 Å². The van der Waals surface area contributed by atoms with Gasteiger partial charge in [-0.1, -0.05) is 6.07 Å². The van der Waals surface area contributed by atoms with Gasteiger partial charge in [0.25, 0.3) is 5.91 Å². The van der Waals surface area contributed by atoms with Gasteiger partial charge in [0.15, 0.2) is 5.69 Å². The number of hydrogen-bond acceptors (Lipinski definition) is 7. The quantitative estimate of drug-likeness (QED) is 0.374. The lowest BCUT2D eigenvalue weighted by Gasteiger charge is -2.32. The van der Waals surface area contributed by atoms with Gasteiger partial charge in [0.05, 0.1) is 23.1 Å². The molecule has 2 aliphatic rings. The molecule has 3 aromatic heterocycles. The van der Waals surface area contributed by atoms with Crippen molar-refractivity contribution in [1.29, 1.82) is 0 Å². The Morgan fingerprint density at radius 1 is 1.00 bits per heavy atom. The average Bonchev–Trinajstić information content (AvgIpc) is 3.70. The van der Waals surface area contributed by atoms with Crippen molar-refractivity contribution in [3.05, 3.63) is 71.9 Å². The molecule has 1 amide bonds. The minimum absolute atomic E-state index is 0.227. The van der Waals surface area contributed by atoms with Crippen LogP contribution in [0.15, 0.2) is 55.0 Å². The van der Waals surface area contributed by atoms with Gasteiger partial charge < -0.3 is 10.2 Å². The summed E-state index contributed by atoms with van der Waals surface area (Å²) in [5, 5.41) is 10.9. The minimum Gasteiger partial charge on any atom is -0.319 e. The van der Waals surface area contributed by atoms with Crippen LogP contribution in [-0.4, -0.2) is 74.9 Å². The van der Waals surface area contributed by atoms with E-state index in [0.717, 1.165) is 78.9 Å². The predicted molar refractivity (Wildman–Crippen MR) is 146 cm³/mol. The number of amides is 1. The van der Waals surface area contributed by atoms with Crippen LogP contribution in [0.2, 0.25) is 0 Å². The van der Waals surface area contributed by atoms with Crippen molar-refractivity contribution >= 4 is 28.3 Å². The number of aromatic nitrogens is 4. The second-order valence-corrected chi connectivity index (χ2v) is 10.4. The van der Waals surface area contributed by atoms with Crippen molar-refractivity contribution in [1.82, 2.24) is 30.0 Å². The highest BCUT2D eigenvalue weighted by Gasteiger charge is 2.29. The molecule has 6 rings (SSSR count). The van der Waals surface area contributed by atoms with Gasteiger partial charge in [0, 0.05) is 68.4 Å². The molecule has 1 saturated heterocycles. The zero-order chi connectivity index (χ0) is 26.1. The van der Waals surface area contributed by atoms with Gasteiger partial charge in [-0.3, -0.25) is 29.6 Å². The van der Waals surface area contributed by atoms with Crippen LogP contribution in [0, 0.1) is 5.92 Å². The average molecular weight is 510 g/mol. The number of nitrogens with one attached hydrogen (secondary N) is 2. The maximum absolute atomic E-state index is 13.1. The van der Waals surface area contributed by atoms with E-state index in [-0.39, 0.29) is 17.6 Å². The van der Waals surface area contributed by atoms with Crippen LogP contribution >= 0.6 is 0 Å². The molecule has 38 heavy (non-hydrogen) atoms. The van der Waals surface area contributed by atoms with Gasteiger partial charge in [-0.15, -0.1) is 0 Å². The Hall–Kier alpha value is -3.95. The molecule has 194 valence electrons. The monoisotopic (exact) mass is 509 g/mol. The molecule has 9 heteroatoms. The molecule has 0 spiro atoms. The highest BCUT2D eigenvalue weighted by molar-refractivity contribution is 6.11. The Labute approximate surface area is 221 Å². The third-order valence-electron chi connectivity index (χ3n) is 7.38. The fraction of sp³-hybridized carbons (Fsp3) is 0.345. The molecule has 1 aliphatic heterocycles. The van der Waals surface area contributed by atoms with E-state index in [1.165, 1.54) is 0 Å². The number of carbonyl (C=O) groups is 2. The Morgan fingerprint density at radius 3 is 2.61 bits per heavy atom. The molecular weight excluding hydrogens is 478 g/mol. The van der Waals surface area contributed by atoms with Gasteiger partial charge in [0.1, 0.15) is 5.78 Å². The summed E-state index contributed by atoms with van der Waals surface area (Å²) in [6.45, 7) is 5.00. The van der Waals surface area contributed by atoms with E-state index in [1.807, 2.05) is 36.4 Å². The number of anilines is 1. The standard InChI is InChI=1S/C29H31N7O2/c1-35-8-10-36(11-9-35)18-24-6-5-23(17-31-24)32-29(38)28-25-14-21(4-7-26(25)33-34-28)22-12-19(15-30-16-22)13-27(37)20-2-3-20/h4-7,12,14-17,20H,2-3,8-11,13,18H2,1H3,(H,32,38)(H,33,34). The number of fused-ring (bicyclic) bond motifs is 1. The molecular formula is C29H31N7O2. The highest BCUT2D eigenvalue weighted by atomic mass is 16.2. The third kappa shape index (κ3) is 5.49. The van der Waals surface area contributed by atoms with E-state index in [1.54, 1.807) is 18.6 Å². The van der Waals surface area contributed by atoms with E-state index in [2.05, 4.69) is 42.3 Å². The fourth-order valence-electron chi connectivity index (χ4n) is 4.88. The maximum atomic E-state index is 13.1. The summed E-state index contributed by atoms with van der Waals surface area (Å²) in [6, 6.07) is 11.7. The van der Waals surface area contributed by atoms with Crippen LogP contribution in [0.25, 0.3) is 22.0 Å². The van der Waals surface area contributed by atoms with Gasteiger partial charge in [-0.25, -0.2) is 0 Å². The van der Waals surface area contributed by atoms with Crippen LogP contribution in [0.5, 0.6) is 0 Å². The Balaban J connectivity index is 1.15. The Kier molecular flexibility index (Phi) is 6.70. The van der Waals surface area contributed by atoms with Crippen molar-refractivity contribution < 1.29 is 9.59 Å². The molecule has 2 fully saturated rings. The van der Waals surface area contributed by atoms with Crippen LogP contribution < -0.4 is 5.32 Å². The number of benzene rings is 1. The number of likely N-dealkylation sites (N-methyl/N-ethyl adjacent to an activating group) is 1. The minimum atomic E-state index is -0.302. The summed E-state index contributed by atoms with van der Waals surface area (Å²) in [6.07, 6.45) is 7.65. The second-order valence-electron chi connectivity index (χ2n) is 10.4. The van der Waals surface area contributed by atoms with Crippen LogP contribution in [-0.2, 0) is 17.8 Å². The van der Waals surface area contributed by atoms with E-state index in [4.69, 9.17) is 0 Å². The molecule has 9 nitrogen and oxygen atoms in total. The van der Waals surface area contributed by atoms with Crippen molar-refractivity contribution in [2.45, 2.75) is 25.8 Å². The molecule has 0 atom stereocenters. The first-order chi connectivity index (χ1) is 18.5. The molecule has 0 radical (unpaired) electrons. The third-order valence-corrected chi connectivity index (χ3v) is 7.38. The second kappa shape index (κ2) is 10.4. The number of Topliss-reactive ketones (excluding diaryl/α,β-unsaturated/α-hetero) is 1. The van der Waals surface area contributed by atoms with Crippen LogP contribution in [0.4, 0.5) is 5.69 Å².